The molecule has 8 heteroatoms. The van der Waals surface area contributed by atoms with E-state index in [1.54, 1.807) is 18.2 Å². The third-order valence-corrected chi connectivity index (χ3v) is 6.74. The number of hydrogen-bond acceptors (Lipinski definition) is 4. The van der Waals surface area contributed by atoms with E-state index in [1.165, 1.54) is 11.1 Å². The first-order chi connectivity index (χ1) is 12.4. The van der Waals surface area contributed by atoms with Crippen LogP contribution < -0.4 is 9.71 Å². The summed E-state index contributed by atoms with van der Waals surface area (Å²) < 4.78 is 27.2. The SMILES string of the molecule is NC(=O)C1C(=O)N2C[C@@H]2/C=C\CCCCCCc2cccc[n+]2S1(=O)=O. The zero-order chi connectivity index (χ0) is 18.7. The number of nitrogens with two attached hydrogens (primary N) is 1. The molecule has 0 aliphatic carbocycles. The Morgan fingerprint density at radius 3 is 2.73 bits per heavy atom. The number of aryl methyl sites for hydroxylation is 1. The molecule has 1 aromatic rings. The van der Waals surface area contributed by atoms with Crippen LogP contribution in [0.2, 0.25) is 0 Å². The second-order valence-electron chi connectivity index (χ2n) is 6.75. The van der Waals surface area contributed by atoms with E-state index in [-0.39, 0.29) is 6.04 Å². The summed E-state index contributed by atoms with van der Waals surface area (Å²) in [5, 5.41) is -1.91. The lowest BCUT2D eigenvalue weighted by molar-refractivity contribution is -0.521. The molecule has 0 saturated carbocycles. The standard InChI is InChI=1S/C18H23N3O4S/c19-17(22)16-18(23)20-13-15(20)11-6-4-2-1-3-5-9-14-10-7-8-12-21(14)26(16,24)25/h6-8,10-12,15-16H,1-5,9,13H2,(H-,19,22)/p+1/b11-6-/t15-,16?,20?/m0/s1. The highest BCUT2D eigenvalue weighted by Crippen LogP contribution is 2.23. The normalized spacial score (nSPS) is 27.4. The van der Waals surface area contributed by atoms with E-state index in [1.807, 2.05) is 12.2 Å². The van der Waals surface area contributed by atoms with E-state index in [4.69, 9.17) is 5.73 Å². The topological polar surface area (TPSA) is 101 Å². The molecule has 0 bridgehead atoms. The first-order valence-electron chi connectivity index (χ1n) is 8.93. The van der Waals surface area contributed by atoms with Gasteiger partial charge in [0.05, 0.1) is 6.04 Å². The van der Waals surface area contributed by atoms with Gasteiger partial charge in [0, 0.05) is 25.1 Å². The Morgan fingerprint density at radius 2 is 1.96 bits per heavy atom. The van der Waals surface area contributed by atoms with Crippen molar-refractivity contribution in [2.75, 3.05) is 6.54 Å². The largest absolute Gasteiger partial charge is 0.390 e. The van der Waals surface area contributed by atoms with Gasteiger partial charge in [-0.05, 0) is 19.3 Å². The van der Waals surface area contributed by atoms with Crippen molar-refractivity contribution >= 4 is 21.8 Å². The number of carbonyl (C=O) groups is 2. The van der Waals surface area contributed by atoms with E-state index in [2.05, 4.69) is 0 Å². The minimum absolute atomic E-state index is 0.148. The second kappa shape index (κ2) is 7.57. The smallest absolute Gasteiger partial charge is 0.368 e. The fourth-order valence-electron chi connectivity index (χ4n) is 3.31. The monoisotopic (exact) mass is 378 g/mol. The first kappa shape index (κ1) is 18.6. The van der Waals surface area contributed by atoms with Crippen LogP contribution in [0.1, 0.15) is 37.8 Å². The van der Waals surface area contributed by atoms with Gasteiger partial charge in [-0.1, -0.05) is 35.0 Å². The molecule has 1 aromatic heterocycles. The van der Waals surface area contributed by atoms with Crippen molar-refractivity contribution in [2.45, 2.75) is 49.8 Å². The highest BCUT2D eigenvalue weighted by molar-refractivity contribution is 7.87. The molecule has 140 valence electrons. The molecular formula is C18H24N3O4S+. The maximum absolute atomic E-state index is 13.1. The molecule has 2 aliphatic heterocycles. The van der Waals surface area contributed by atoms with Crippen LogP contribution in [0.5, 0.6) is 0 Å². The summed E-state index contributed by atoms with van der Waals surface area (Å²) in [6.45, 7) is 0.418. The van der Waals surface area contributed by atoms with E-state index >= 15 is 0 Å². The lowest BCUT2D eigenvalue weighted by Crippen LogP contribution is -2.59. The van der Waals surface area contributed by atoms with Crippen LogP contribution in [0, 0.1) is 0 Å². The molecule has 3 rings (SSSR count). The number of aromatic nitrogens is 1. The molecule has 2 atom stereocenters. The van der Waals surface area contributed by atoms with Crippen molar-refractivity contribution in [1.82, 2.24) is 4.90 Å². The van der Waals surface area contributed by atoms with Gasteiger partial charge in [-0.15, -0.1) is 0 Å². The molecule has 3 heterocycles. The zero-order valence-corrected chi connectivity index (χ0v) is 15.4. The number of amides is 2. The van der Waals surface area contributed by atoms with Gasteiger partial charge < -0.3 is 10.6 Å². The van der Waals surface area contributed by atoms with Crippen LogP contribution in [0.3, 0.4) is 0 Å². The summed E-state index contributed by atoms with van der Waals surface area (Å²) in [6.07, 6.45) is 10.8. The molecule has 26 heavy (non-hydrogen) atoms. The first-order valence-corrected chi connectivity index (χ1v) is 10.4. The van der Waals surface area contributed by atoms with Gasteiger partial charge in [0.1, 0.15) is 0 Å². The van der Waals surface area contributed by atoms with E-state index in [0.717, 1.165) is 36.1 Å². The summed E-state index contributed by atoms with van der Waals surface area (Å²) in [5.74, 6) is -1.89. The molecule has 7 nitrogen and oxygen atoms in total. The summed E-state index contributed by atoms with van der Waals surface area (Å²) in [5.41, 5.74) is 5.89. The van der Waals surface area contributed by atoms with Crippen LogP contribution in [0.25, 0.3) is 0 Å². The van der Waals surface area contributed by atoms with Crippen LogP contribution in [0.15, 0.2) is 36.5 Å². The van der Waals surface area contributed by atoms with Gasteiger partial charge >= 0.3 is 10.0 Å². The quantitative estimate of drug-likeness (QED) is 0.328. The van der Waals surface area contributed by atoms with Gasteiger partial charge in [0.25, 0.3) is 17.1 Å². The van der Waals surface area contributed by atoms with Crippen molar-refractivity contribution in [3.63, 3.8) is 0 Å². The number of pyridine rings is 1. The number of fused-ring (bicyclic) bond motifs is 2. The average molecular weight is 378 g/mol. The molecule has 2 amide bonds. The molecule has 0 spiro atoms. The fourth-order valence-corrected chi connectivity index (χ4v) is 4.94. The van der Waals surface area contributed by atoms with Gasteiger partial charge in [-0.3, -0.25) is 9.59 Å². The Kier molecular flexibility index (Phi) is 5.41. The highest BCUT2D eigenvalue weighted by Gasteiger charge is 2.52. The van der Waals surface area contributed by atoms with Gasteiger partial charge in [-0.2, -0.15) is 8.42 Å². The minimum atomic E-state index is -4.27. The third-order valence-electron chi connectivity index (χ3n) is 4.80. The van der Waals surface area contributed by atoms with Gasteiger partial charge in [-0.25, -0.2) is 0 Å². The lowest BCUT2D eigenvalue weighted by atomic mass is 10.1. The minimum Gasteiger partial charge on any atom is -0.368 e. The molecule has 2 aliphatic rings. The number of primary amides is 1. The van der Waals surface area contributed by atoms with Crippen molar-refractivity contribution in [1.29, 1.82) is 0 Å². The van der Waals surface area contributed by atoms with E-state index in [0.29, 0.717) is 18.7 Å². The Labute approximate surface area is 153 Å². The van der Waals surface area contributed by atoms with Crippen molar-refractivity contribution in [3.8, 4) is 0 Å². The molecular weight excluding hydrogens is 354 g/mol. The summed E-state index contributed by atoms with van der Waals surface area (Å²) in [4.78, 5) is 26.0. The van der Waals surface area contributed by atoms with Crippen LogP contribution in [0.4, 0.5) is 0 Å². The van der Waals surface area contributed by atoms with Crippen molar-refractivity contribution in [2.24, 2.45) is 5.73 Å². The Balaban J connectivity index is 2.00. The molecule has 1 unspecified atom stereocenters. The van der Waals surface area contributed by atoms with Crippen molar-refractivity contribution < 1.29 is 22.0 Å². The van der Waals surface area contributed by atoms with E-state index < -0.39 is 27.1 Å². The van der Waals surface area contributed by atoms with Crippen molar-refractivity contribution in [3.05, 3.63) is 42.2 Å². The van der Waals surface area contributed by atoms with Crippen LogP contribution in [-0.4, -0.2) is 43.0 Å². The Hall–Kier alpha value is -2.22. The Morgan fingerprint density at radius 1 is 1.19 bits per heavy atom. The average Bonchev–Trinajstić information content (AvgIpc) is 3.36. The number of hydrogen-bond donors (Lipinski definition) is 1. The predicted octanol–water partition coefficient (Wildman–Crippen LogP) is 0.279. The number of nitrogens with zero attached hydrogens (tertiary/aromatic N) is 2. The molecule has 2 N–H and O–H groups in total. The second-order valence-corrected chi connectivity index (χ2v) is 8.65. The number of allylic oxidation sites excluding steroid dienone is 1. The predicted molar refractivity (Wildman–Crippen MR) is 95.4 cm³/mol. The van der Waals surface area contributed by atoms with Gasteiger partial charge in [0.15, 0.2) is 11.9 Å². The molecule has 0 aromatic carbocycles. The number of carbonyl (C=O) groups excluding carboxylic acids is 2. The number of rotatable bonds is 1. The van der Waals surface area contributed by atoms with Gasteiger partial charge in [0.2, 0.25) is 0 Å². The maximum atomic E-state index is 13.1. The lowest BCUT2D eigenvalue weighted by Gasteiger charge is -2.12. The van der Waals surface area contributed by atoms with E-state index in [9.17, 15) is 18.0 Å². The summed E-state index contributed by atoms with van der Waals surface area (Å²) in [6, 6.07) is 4.88. The Bertz CT molecular complexity index is 835. The highest BCUT2D eigenvalue weighted by atomic mass is 32.2. The summed E-state index contributed by atoms with van der Waals surface area (Å²) in [7, 11) is -4.27. The summed E-state index contributed by atoms with van der Waals surface area (Å²) >= 11 is 0. The maximum Gasteiger partial charge on any atom is 0.390 e. The fraction of sp³-hybridized carbons (Fsp3) is 0.500. The van der Waals surface area contributed by atoms with Crippen LogP contribution >= 0.6 is 0 Å². The molecule has 1 saturated heterocycles. The molecule has 1 fully saturated rings. The molecule has 0 radical (unpaired) electrons. The third kappa shape index (κ3) is 3.80. The van der Waals surface area contributed by atoms with Crippen LogP contribution in [-0.2, 0) is 26.0 Å². The zero-order valence-electron chi connectivity index (χ0n) is 14.6.